The van der Waals surface area contributed by atoms with Gasteiger partial charge < -0.3 is 26.0 Å². The van der Waals surface area contributed by atoms with Crippen LogP contribution < -0.4 is 11.1 Å². The first kappa shape index (κ1) is 13.8. The van der Waals surface area contributed by atoms with Crippen LogP contribution in [-0.4, -0.2) is 54.5 Å². The number of aliphatic hydroxyl groups excluding tert-OH is 1. The molecule has 0 aliphatic carbocycles. The van der Waals surface area contributed by atoms with Crippen molar-refractivity contribution in [3.63, 3.8) is 0 Å². The van der Waals surface area contributed by atoms with E-state index in [2.05, 4.69) is 10.1 Å². The van der Waals surface area contributed by atoms with Crippen molar-refractivity contribution >= 4 is 11.9 Å². The third-order valence-electron chi connectivity index (χ3n) is 1.60. The van der Waals surface area contributed by atoms with Gasteiger partial charge in [0.15, 0.2) is 0 Å². The Balaban J connectivity index is 3.77. The molecule has 0 saturated heterocycles. The maximum absolute atomic E-state index is 11.1. The molecule has 0 aliphatic heterocycles. The van der Waals surface area contributed by atoms with Gasteiger partial charge >= 0.3 is 5.97 Å². The SMILES string of the molecule is COCC(O)CNC(=O)C(N)CC(=O)O. The van der Waals surface area contributed by atoms with Crippen molar-refractivity contribution in [3.05, 3.63) is 0 Å². The van der Waals surface area contributed by atoms with Crippen LogP contribution in [0.25, 0.3) is 0 Å². The molecule has 0 spiro atoms. The van der Waals surface area contributed by atoms with E-state index in [9.17, 15) is 9.59 Å². The molecule has 0 fully saturated rings. The number of nitrogens with one attached hydrogen (secondary N) is 1. The molecular formula is C8H16N2O5. The minimum Gasteiger partial charge on any atom is -0.481 e. The minimum absolute atomic E-state index is 0.0139. The quantitative estimate of drug-likeness (QED) is 0.390. The largest absolute Gasteiger partial charge is 0.481 e. The van der Waals surface area contributed by atoms with Crippen LogP contribution in [0.15, 0.2) is 0 Å². The zero-order valence-electron chi connectivity index (χ0n) is 8.47. The maximum Gasteiger partial charge on any atom is 0.305 e. The number of ether oxygens (including phenoxy) is 1. The molecule has 0 aromatic rings. The highest BCUT2D eigenvalue weighted by molar-refractivity contribution is 5.85. The summed E-state index contributed by atoms with van der Waals surface area (Å²) in [6.45, 7) is 0.0778. The molecule has 0 aromatic heterocycles. The third kappa shape index (κ3) is 6.83. The fraction of sp³-hybridized carbons (Fsp3) is 0.750. The molecule has 2 atom stereocenters. The van der Waals surface area contributed by atoms with Crippen LogP contribution in [0.3, 0.4) is 0 Å². The molecule has 1 amide bonds. The first-order valence-electron chi connectivity index (χ1n) is 4.39. The van der Waals surface area contributed by atoms with Crippen molar-refractivity contribution in [1.82, 2.24) is 5.32 Å². The smallest absolute Gasteiger partial charge is 0.305 e. The number of aliphatic carboxylic acids is 1. The van der Waals surface area contributed by atoms with Gasteiger partial charge in [-0.2, -0.15) is 0 Å². The molecule has 0 bridgehead atoms. The number of rotatable bonds is 7. The second-order valence-electron chi connectivity index (χ2n) is 3.06. The number of hydrogen-bond acceptors (Lipinski definition) is 5. The molecule has 0 heterocycles. The Hall–Kier alpha value is -1.18. The third-order valence-corrected chi connectivity index (χ3v) is 1.60. The Labute approximate surface area is 87.2 Å². The van der Waals surface area contributed by atoms with Crippen LogP contribution in [0.5, 0.6) is 0 Å². The summed E-state index contributed by atoms with van der Waals surface area (Å²) in [6.07, 6.45) is -1.26. The van der Waals surface area contributed by atoms with E-state index in [1.54, 1.807) is 0 Å². The van der Waals surface area contributed by atoms with E-state index in [1.807, 2.05) is 0 Å². The van der Waals surface area contributed by atoms with Gasteiger partial charge in [-0.15, -0.1) is 0 Å². The van der Waals surface area contributed by atoms with E-state index in [0.717, 1.165) is 0 Å². The molecule has 0 radical (unpaired) electrons. The normalized spacial score (nSPS) is 14.3. The number of amides is 1. The predicted octanol–water partition coefficient (Wildman–Crippen LogP) is -2.09. The van der Waals surface area contributed by atoms with Crippen molar-refractivity contribution < 1.29 is 24.5 Å². The molecular weight excluding hydrogens is 204 g/mol. The fourth-order valence-corrected chi connectivity index (χ4v) is 0.882. The Morgan fingerprint density at radius 2 is 2.13 bits per heavy atom. The van der Waals surface area contributed by atoms with Gasteiger partial charge in [0, 0.05) is 13.7 Å². The highest BCUT2D eigenvalue weighted by Crippen LogP contribution is 1.89. The first-order valence-corrected chi connectivity index (χ1v) is 4.39. The van der Waals surface area contributed by atoms with Gasteiger partial charge in [0.05, 0.1) is 25.2 Å². The number of carboxylic acid groups (broad SMARTS) is 1. The zero-order chi connectivity index (χ0) is 11.8. The van der Waals surface area contributed by atoms with E-state index in [4.69, 9.17) is 15.9 Å². The minimum atomic E-state index is -1.14. The lowest BCUT2D eigenvalue weighted by Crippen LogP contribution is -2.45. The van der Waals surface area contributed by atoms with E-state index in [-0.39, 0.29) is 13.2 Å². The predicted molar refractivity (Wildman–Crippen MR) is 51.1 cm³/mol. The highest BCUT2D eigenvalue weighted by Gasteiger charge is 2.17. The fourth-order valence-electron chi connectivity index (χ4n) is 0.882. The summed E-state index contributed by atoms with van der Waals surface area (Å²) in [4.78, 5) is 21.4. The summed E-state index contributed by atoms with van der Waals surface area (Å²) in [5.74, 6) is -1.75. The highest BCUT2D eigenvalue weighted by atomic mass is 16.5. The molecule has 0 aromatic carbocycles. The second-order valence-corrected chi connectivity index (χ2v) is 3.06. The molecule has 15 heavy (non-hydrogen) atoms. The van der Waals surface area contributed by atoms with Crippen molar-refractivity contribution in [2.75, 3.05) is 20.3 Å². The van der Waals surface area contributed by atoms with Crippen LogP contribution in [0, 0.1) is 0 Å². The second kappa shape index (κ2) is 7.16. The van der Waals surface area contributed by atoms with Crippen molar-refractivity contribution in [1.29, 1.82) is 0 Å². The van der Waals surface area contributed by atoms with Gasteiger partial charge in [0.2, 0.25) is 5.91 Å². The molecule has 7 heteroatoms. The van der Waals surface area contributed by atoms with Crippen LogP contribution in [0.1, 0.15) is 6.42 Å². The first-order chi connectivity index (χ1) is 6.97. The maximum atomic E-state index is 11.1. The van der Waals surface area contributed by atoms with Crippen molar-refractivity contribution in [3.8, 4) is 0 Å². The van der Waals surface area contributed by atoms with Gasteiger partial charge in [-0.3, -0.25) is 9.59 Å². The zero-order valence-corrected chi connectivity index (χ0v) is 8.47. The number of carbonyl (C=O) groups is 2. The summed E-state index contributed by atoms with van der Waals surface area (Å²) in [6, 6.07) is -1.10. The Morgan fingerprint density at radius 1 is 1.53 bits per heavy atom. The van der Waals surface area contributed by atoms with E-state index < -0.39 is 30.4 Å². The van der Waals surface area contributed by atoms with Crippen LogP contribution in [0.2, 0.25) is 0 Å². The van der Waals surface area contributed by atoms with E-state index in [1.165, 1.54) is 7.11 Å². The lowest BCUT2D eigenvalue weighted by atomic mass is 10.2. The Morgan fingerprint density at radius 3 is 2.60 bits per heavy atom. The number of nitrogens with two attached hydrogens (primary N) is 1. The van der Waals surface area contributed by atoms with Crippen molar-refractivity contribution in [2.24, 2.45) is 5.73 Å². The van der Waals surface area contributed by atoms with E-state index >= 15 is 0 Å². The molecule has 2 unspecified atom stereocenters. The van der Waals surface area contributed by atoms with Crippen LogP contribution >= 0.6 is 0 Å². The number of carboxylic acids is 1. The summed E-state index contributed by atoms with van der Waals surface area (Å²) in [5.41, 5.74) is 5.27. The molecule has 5 N–H and O–H groups in total. The monoisotopic (exact) mass is 220 g/mol. The lowest BCUT2D eigenvalue weighted by molar-refractivity contribution is -0.139. The number of aliphatic hydroxyl groups is 1. The Bertz CT molecular complexity index is 221. The number of carbonyl (C=O) groups excluding carboxylic acids is 1. The van der Waals surface area contributed by atoms with Gasteiger partial charge in [0.1, 0.15) is 0 Å². The van der Waals surface area contributed by atoms with Gasteiger partial charge in [-0.05, 0) is 0 Å². The van der Waals surface area contributed by atoms with Gasteiger partial charge in [0.25, 0.3) is 0 Å². The molecule has 0 aliphatic rings. The van der Waals surface area contributed by atoms with Gasteiger partial charge in [-0.1, -0.05) is 0 Å². The standard InChI is InChI=1S/C8H16N2O5/c1-15-4-5(11)3-10-8(14)6(9)2-7(12)13/h5-6,11H,2-4,9H2,1H3,(H,10,14)(H,12,13). The van der Waals surface area contributed by atoms with Crippen LogP contribution in [0.4, 0.5) is 0 Å². The number of hydrogen-bond donors (Lipinski definition) is 4. The summed E-state index contributed by atoms with van der Waals surface area (Å²) in [7, 11) is 1.42. The summed E-state index contributed by atoms with van der Waals surface area (Å²) in [5, 5.41) is 19.8. The van der Waals surface area contributed by atoms with Crippen molar-refractivity contribution in [2.45, 2.75) is 18.6 Å². The molecule has 88 valence electrons. The van der Waals surface area contributed by atoms with E-state index in [0.29, 0.717) is 0 Å². The topological polar surface area (TPSA) is 122 Å². The molecule has 0 saturated carbocycles. The van der Waals surface area contributed by atoms with Gasteiger partial charge in [-0.25, -0.2) is 0 Å². The lowest BCUT2D eigenvalue weighted by Gasteiger charge is -2.13. The average molecular weight is 220 g/mol. The molecule has 0 rings (SSSR count). The average Bonchev–Trinajstić information content (AvgIpc) is 2.13. The Kier molecular flexibility index (Phi) is 6.59. The number of methoxy groups -OCH3 is 1. The molecule has 7 nitrogen and oxygen atoms in total. The summed E-state index contributed by atoms with van der Waals surface area (Å²) >= 11 is 0. The van der Waals surface area contributed by atoms with Crippen LogP contribution in [-0.2, 0) is 14.3 Å². The summed E-state index contributed by atoms with van der Waals surface area (Å²) < 4.78 is 4.63.